The lowest BCUT2D eigenvalue weighted by molar-refractivity contribution is 0.0934. The smallest absolute Gasteiger partial charge is 0.255 e. The van der Waals surface area contributed by atoms with Gasteiger partial charge in [0.1, 0.15) is 11.6 Å². The monoisotopic (exact) mass is 213 g/mol. The Labute approximate surface area is 86.7 Å². The molecule has 0 bridgehead atoms. The minimum Gasteiger partial charge on any atom is -0.507 e. The maximum Gasteiger partial charge on any atom is 0.255 e. The van der Waals surface area contributed by atoms with E-state index < -0.39 is 11.7 Å². The van der Waals surface area contributed by atoms with E-state index in [2.05, 4.69) is 5.32 Å². The maximum atomic E-state index is 12.8. The second-order valence-corrected chi connectivity index (χ2v) is 2.91. The third-order valence-corrected chi connectivity index (χ3v) is 1.79. The highest BCUT2D eigenvalue weighted by Gasteiger charge is 2.11. The van der Waals surface area contributed by atoms with Crippen molar-refractivity contribution in [2.75, 3.05) is 20.3 Å². The fourth-order valence-electron chi connectivity index (χ4n) is 1.05. The van der Waals surface area contributed by atoms with Crippen LogP contribution in [0, 0.1) is 5.82 Å². The summed E-state index contributed by atoms with van der Waals surface area (Å²) in [5.41, 5.74) is -0.0777. The van der Waals surface area contributed by atoms with E-state index in [0.29, 0.717) is 13.2 Å². The van der Waals surface area contributed by atoms with Gasteiger partial charge in [-0.1, -0.05) is 0 Å². The van der Waals surface area contributed by atoms with Gasteiger partial charge in [0.25, 0.3) is 5.91 Å². The topological polar surface area (TPSA) is 58.6 Å². The van der Waals surface area contributed by atoms with E-state index in [1.165, 1.54) is 7.11 Å². The number of benzene rings is 1. The minimum atomic E-state index is -0.565. The van der Waals surface area contributed by atoms with E-state index in [0.717, 1.165) is 18.2 Å². The number of halogens is 1. The fraction of sp³-hybridized carbons (Fsp3) is 0.300. The number of hydrogen-bond acceptors (Lipinski definition) is 3. The molecule has 0 aromatic heterocycles. The first-order chi connectivity index (χ1) is 7.15. The number of methoxy groups -OCH3 is 1. The number of carbonyl (C=O) groups excluding carboxylic acids is 1. The van der Waals surface area contributed by atoms with Crippen molar-refractivity contribution < 1.29 is 19.0 Å². The van der Waals surface area contributed by atoms with Gasteiger partial charge in [-0.2, -0.15) is 0 Å². The third-order valence-electron chi connectivity index (χ3n) is 1.79. The molecule has 15 heavy (non-hydrogen) atoms. The highest BCUT2D eigenvalue weighted by Crippen LogP contribution is 2.17. The van der Waals surface area contributed by atoms with Crippen LogP contribution in [0.15, 0.2) is 18.2 Å². The second-order valence-electron chi connectivity index (χ2n) is 2.91. The number of phenols is 1. The highest BCUT2D eigenvalue weighted by atomic mass is 19.1. The van der Waals surface area contributed by atoms with Crippen LogP contribution in [0.2, 0.25) is 0 Å². The van der Waals surface area contributed by atoms with Crippen LogP contribution < -0.4 is 5.32 Å². The van der Waals surface area contributed by atoms with Crippen molar-refractivity contribution in [2.45, 2.75) is 0 Å². The first kappa shape index (κ1) is 11.5. The van der Waals surface area contributed by atoms with Gasteiger partial charge in [0.05, 0.1) is 12.2 Å². The van der Waals surface area contributed by atoms with Crippen molar-refractivity contribution in [1.82, 2.24) is 5.32 Å². The van der Waals surface area contributed by atoms with Gasteiger partial charge in [0.2, 0.25) is 0 Å². The molecular weight excluding hydrogens is 201 g/mol. The number of carbonyl (C=O) groups is 1. The largest absolute Gasteiger partial charge is 0.507 e. The summed E-state index contributed by atoms with van der Waals surface area (Å²) in [6.45, 7) is 0.674. The summed E-state index contributed by atoms with van der Waals surface area (Å²) in [4.78, 5) is 11.4. The van der Waals surface area contributed by atoms with E-state index in [1.54, 1.807) is 0 Å². The molecule has 0 saturated heterocycles. The van der Waals surface area contributed by atoms with Gasteiger partial charge in [-0.25, -0.2) is 4.39 Å². The molecule has 0 radical (unpaired) electrons. The quantitative estimate of drug-likeness (QED) is 0.731. The SMILES string of the molecule is COCCNC(=O)c1cc(F)ccc1O. The zero-order valence-electron chi connectivity index (χ0n) is 8.29. The molecule has 0 atom stereocenters. The molecule has 82 valence electrons. The Morgan fingerprint density at radius 1 is 1.60 bits per heavy atom. The Balaban J connectivity index is 2.68. The highest BCUT2D eigenvalue weighted by molar-refractivity contribution is 5.96. The lowest BCUT2D eigenvalue weighted by atomic mass is 10.2. The Morgan fingerprint density at radius 3 is 3.00 bits per heavy atom. The molecular formula is C10H12FNO3. The second kappa shape index (κ2) is 5.31. The molecule has 0 spiro atoms. The van der Waals surface area contributed by atoms with Crippen molar-refractivity contribution in [3.05, 3.63) is 29.6 Å². The van der Waals surface area contributed by atoms with E-state index in [-0.39, 0.29) is 11.3 Å². The maximum absolute atomic E-state index is 12.8. The van der Waals surface area contributed by atoms with Crippen molar-refractivity contribution in [1.29, 1.82) is 0 Å². The van der Waals surface area contributed by atoms with Crippen molar-refractivity contribution in [2.24, 2.45) is 0 Å². The molecule has 5 heteroatoms. The van der Waals surface area contributed by atoms with Crippen LogP contribution in [0.5, 0.6) is 5.75 Å². The zero-order chi connectivity index (χ0) is 11.3. The van der Waals surface area contributed by atoms with E-state index in [4.69, 9.17) is 4.74 Å². The summed E-state index contributed by atoms with van der Waals surface area (Å²) in [7, 11) is 1.51. The van der Waals surface area contributed by atoms with Gasteiger partial charge in [-0.3, -0.25) is 4.79 Å². The van der Waals surface area contributed by atoms with Gasteiger partial charge in [-0.15, -0.1) is 0 Å². The lowest BCUT2D eigenvalue weighted by Crippen LogP contribution is -2.27. The molecule has 1 aromatic carbocycles. The first-order valence-corrected chi connectivity index (χ1v) is 4.41. The molecule has 0 heterocycles. The number of amides is 1. The van der Waals surface area contributed by atoms with Gasteiger partial charge in [-0.05, 0) is 18.2 Å². The number of aromatic hydroxyl groups is 1. The number of nitrogens with one attached hydrogen (secondary N) is 1. The van der Waals surface area contributed by atoms with Crippen LogP contribution in [0.25, 0.3) is 0 Å². The molecule has 2 N–H and O–H groups in total. The normalized spacial score (nSPS) is 10.0. The molecule has 0 fully saturated rings. The minimum absolute atomic E-state index is 0.0777. The summed E-state index contributed by atoms with van der Waals surface area (Å²) >= 11 is 0. The van der Waals surface area contributed by atoms with Gasteiger partial charge >= 0.3 is 0 Å². The Kier molecular flexibility index (Phi) is 4.05. The number of rotatable bonds is 4. The van der Waals surface area contributed by atoms with Crippen LogP contribution in [0.4, 0.5) is 4.39 Å². The molecule has 0 saturated carbocycles. The molecule has 0 aliphatic heterocycles. The summed E-state index contributed by atoms with van der Waals surface area (Å²) < 4.78 is 17.5. The summed E-state index contributed by atoms with van der Waals surface area (Å²) in [6, 6.07) is 3.21. The first-order valence-electron chi connectivity index (χ1n) is 4.41. The average Bonchev–Trinajstić information content (AvgIpc) is 2.22. The molecule has 0 aliphatic carbocycles. The number of ether oxygens (including phenoxy) is 1. The van der Waals surface area contributed by atoms with Crippen molar-refractivity contribution in [3.63, 3.8) is 0 Å². The molecule has 4 nitrogen and oxygen atoms in total. The van der Waals surface area contributed by atoms with E-state index >= 15 is 0 Å². The van der Waals surface area contributed by atoms with Crippen LogP contribution in [0.1, 0.15) is 10.4 Å². The molecule has 1 amide bonds. The Hall–Kier alpha value is -1.62. The van der Waals surface area contributed by atoms with Crippen LogP contribution >= 0.6 is 0 Å². The average molecular weight is 213 g/mol. The predicted molar refractivity (Wildman–Crippen MR) is 52.3 cm³/mol. The Morgan fingerprint density at radius 2 is 2.33 bits per heavy atom. The molecule has 1 rings (SSSR count). The number of hydrogen-bond donors (Lipinski definition) is 2. The van der Waals surface area contributed by atoms with Crippen LogP contribution in [0.3, 0.4) is 0 Å². The lowest BCUT2D eigenvalue weighted by Gasteiger charge is -2.06. The number of phenolic OH excluding ortho intramolecular Hbond substituents is 1. The molecule has 1 aromatic rings. The summed E-state index contributed by atoms with van der Waals surface area (Å²) in [6.07, 6.45) is 0. The van der Waals surface area contributed by atoms with Crippen molar-refractivity contribution in [3.8, 4) is 5.75 Å². The predicted octanol–water partition coefficient (Wildman–Crippen LogP) is 0.907. The van der Waals surface area contributed by atoms with Gasteiger partial charge in [0, 0.05) is 13.7 Å². The van der Waals surface area contributed by atoms with Gasteiger partial charge < -0.3 is 15.2 Å². The third kappa shape index (κ3) is 3.21. The van der Waals surface area contributed by atoms with E-state index in [9.17, 15) is 14.3 Å². The van der Waals surface area contributed by atoms with E-state index in [1.807, 2.05) is 0 Å². The van der Waals surface area contributed by atoms with Crippen LogP contribution in [-0.4, -0.2) is 31.3 Å². The zero-order valence-corrected chi connectivity index (χ0v) is 8.29. The van der Waals surface area contributed by atoms with Crippen molar-refractivity contribution >= 4 is 5.91 Å². The molecule has 0 unspecified atom stereocenters. The Bertz CT molecular complexity index is 355. The summed E-state index contributed by atoms with van der Waals surface area (Å²) in [5.74, 6) is -1.33. The van der Waals surface area contributed by atoms with Gasteiger partial charge in [0.15, 0.2) is 0 Å². The fourth-order valence-corrected chi connectivity index (χ4v) is 1.05. The summed E-state index contributed by atoms with van der Waals surface area (Å²) in [5, 5.41) is 11.8. The van der Waals surface area contributed by atoms with Crippen LogP contribution in [-0.2, 0) is 4.74 Å². The standard InChI is InChI=1S/C10H12FNO3/c1-15-5-4-12-10(14)8-6-7(11)2-3-9(8)13/h2-3,6,13H,4-5H2,1H3,(H,12,14). The molecule has 0 aliphatic rings.